The molecule has 0 aliphatic rings. The molecular formula is C18H27NO4. The van der Waals surface area contributed by atoms with Gasteiger partial charge >= 0.3 is 12.1 Å². The molecule has 1 aromatic rings. The Balaban J connectivity index is 2.47. The van der Waals surface area contributed by atoms with Crippen molar-refractivity contribution in [1.82, 2.24) is 5.32 Å². The molecule has 0 bridgehead atoms. The Morgan fingerprint density at radius 2 is 1.83 bits per heavy atom. The van der Waals surface area contributed by atoms with Gasteiger partial charge in [0.1, 0.15) is 12.6 Å². The molecule has 23 heavy (non-hydrogen) atoms. The number of ether oxygens (including phenoxy) is 2. The van der Waals surface area contributed by atoms with Gasteiger partial charge in [-0.1, -0.05) is 63.9 Å². The lowest BCUT2D eigenvalue weighted by molar-refractivity contribution is -0.147. The molecule has 0 radical (unpaired) electrons. The number of amides is 1. The fourth-order valence-electron chi connectivity index (χ4n) is 1.91. The summed E-state index contributed by atoms with van der Waals surface area (Å²) in [7, 11) is 0. The van der Waals surface area contributed by atoms with Gasteiger partial charge in [-0.25, -0.2) is 9.59 Å². The minimum absolute atomic E-state index is 0.175. The Morgan fingerprint density at radius 3 is 2.43 bits per heavy atom. The van der Waals surface area contributed by atoms with E-state index in [1.807, 2.05) is 51.1 Å². The van der Waals surface area contributed by atoms with Gasteiger partial charge in [-0.15, -0.1) is 0 Å². The van der Waals surface area contributed by atoms with Crippen LogP contribution in [0.4, 0.5) is 4.79 Å². The number of carbonyl (C=O) groups excluding carboxylic acids is 2. The molecule has 5 heteroatoms. The van der Waals surface area contributed by atoms with Crippen molar-refractivity contribution < 1.29 is 19.1 Å². The maximum atomic E-state index is 12.1. The van der Waals surface area contributed by atoms with E-state index >= 15 is 0 Å². The Labute approximate surface area is 138 Å². The molecule has 1 aromatic carbocycles. The highest BCUT2D eigenvalue weighted by Gasteiger charge is 2.22. The lowest BCUT2D eigenvalue weighted by Gasteiger charge is -2.18. The average Bonchev–Trinajstić information content (AvgIpc) is 2.55. The lowest BCUT2D eigenvalue weighted by atomic mass is 10.1. The molecule has 0 saturated carbocycles. The van der Waals surface area contributed by atoms with Gasteiger partial charge in [0.2, 0.25) is 0 Å². The second-order valence-electron chi connectivity index (χ2n) is 5.92. The number of unbranched alkanes of at least 4 members (excludes halogenated alkanes) is 1. The summed E-state index contributed by atoms with van der Waals surface area (Å²) in [5.41, 5.74) is 0.898. The Hall–Kier alpha value is -2.04. The van der Waals surface area contributed by atoms with Crippen LogP contribution >= 0.6 is 0 Å². The number of hydrogen-bond donors (Lipinski definition) is 1. The number of alkyl carbamates (subject to hydrolysis) is 1. The van der Waals surface area contributed by atoms with E-state index in [4.69, 9.17) is 9.47 Å². The first-order valence-corrected chi connectivity index (χ1v) is 8.16. The zero-order valence-corrected chi connectivity index (χ0v) is 14.2. The topological polar surface area (TPSA) is 64.6 Å². The zero-order chi connectivity index (χ0) is 17.1. The maximum Gasteiger partial charge on any atom is 0.408 e. The molecule has 0 aliphatic carbocycles. The van der Waals surface area contributed by atoms with Gasteiger partial charge in [0.05, 0.1) is 6.61 Å². The van der Waals surface area contributed by atoms with Crippen LogP contribution in [0.2, 0.25) is 0 Å². The number of rotatable bonds is 9. The maximum absolute atomic E-state index is 12.1. The van der Waals surface area contributed by atoms with Crippen LogP contribution in [0, 0.1) is 5.92 Å². The number of hydrogen-bond acceptors (Lipinski definition) is 4. The molecule has 1 unspecified atom stereocenters. The van der Waals surface area contributed by atoms with E-state index in [0.717, 1.165) is 18.4 Å². The van der Waals surface area contributed by atoms with Gasteiger partial charge in [-0.3, -0.25) is 0 Å². The third kappa shape index (κ3) is 8.24. The quantitative estimate of drug-likeness (QED) is 0.705. The van der Waals surface area contributed by atoms with Crippen molar-refractivity contribution in [1.29, 1.82) is 0 Å². The van der Waals surface area contributed by atoms with Crippen molar-refractivity contribution in [2.45, 2.75) is 52.7 Å². The smallest absolute Gasteiger partial charge is 0.408 e. The molecule has 1 atom stereocenters. The van der Waals surface area contributed by atoms with E-state index in [2.05, 4.69) is 5.32 Å². The largest absolute Gasteiger partial charge is 0.464 e. The van der Waals surface area contributed by atoms with Crippen LogP contribution < -0.4 is 5.32 Å². The van der Waals surface area contributed by atoms with Gasteiger partial charge < -0.3 is 14.8 Å². The summed E-state index contributed by atoms with van der Waals surface area (Å²) in [6.45, 7) is 6.49. The Bertz CT molecular complexity index is 473. The number of benzene rings is 1. The summed E-state index contributed by atoms with van der Waals surface area (Å²) < 4.78 is 10.4. The molecule has 128 valence electrons. The zero-order valence-electron chi connectivity index (χ0n) is 14.2. The highest BCUT2D eigenvalue weighted by Crippen LogP contribution is 2.06. The predicted octanol–water partition coefficient (Wildman–Crippen LogP) is 3.67. The van der Waals surface area contributed by atoms with Crippen LogP contribution in [-0.4, -0.2) is 24.7 Å². The summed E-state index contributed by atoms with van der Waals surface area (Å²) in [5.74, 6) is -0.139. The second-order valence-corrected chi connectivity index (χ2v) is 5.92. The van der Waals surface area contributed by atoms with Crippen LogP contribution in [-0.2, 0) is 20.9 Å². The van der Waals surface area contributed by atoms with Gasteiger partial charge in [0, 0.05) is 0 Å². The average molecular weight is 321 g/mol. The number of esters is 1. The van der Waals surface area contributed by atoms with Crippen molar-refractivity contribution in [2.24, 2.45) is 5.92 Å². The van der Waals surface area contributed by atoms with Gasteiger partial charge in [-0.05, 0) is 17.9 Å². The molecule has 0 saturated heterocycles. The molecule has 0 heterocycles. The minimum atomic E-state index is -0.656. The first-order valence-electron chi connectivity index (χ1n) is 8.16. The van der Waals surface area contributed by atoms with E-state index in [1.165, 1.54) is 0 Å². The van der Waals surface area contributed by atoms with Crippen molar-refractivity contribution in [3.63, 3.8) is 0 Å². The van der Waals surface area contributed by atoms with Crippen molar-refractivity contribution >= 4 is 12.1 Å². The van der Waals surface area contributed by atoms with Gasteiger partial charge in [-0.2, -0.15) is 0 Å². The molecule has 0 fully saturated rings. The second kappa shape index (κ2) is 10.6. The van der Waals surface area contributed by atoms with E-state index in [9.17, 15) is 9.59 Å². The third-order valence-corrected chi connectivity index (χ3v) is 3.19. The molecule has 5 nitrogen and oxygen atoms in total. The molecule has 1 N–H and O–H groups in total. The predicted molar refractivity (Wildman–Crippen MR) is 88.9 cm³/mol. The Kier molecular flexibility index (Phi) is 8.80. The fourth-order valence-corrected chi connectivity index (χ4v) is 1.91. The molecule has 0 spiro atoms. The summed E-state index contributed by atoms with van der Waals surface area (Å²) in [4.78, 5) is 24.0. The van der Waals surface area contributed by atoms with Crippen molar-refractivity contribution in [2.75, 3.05) is 6.61 Å². The highest BCUT2D eigenvalue weighted by atomic mass is 16.6. The fraction of sp³-hybridized carbons (Fsp3) is 0.556. The normalized spacial score (nSPS) is 11.8. The van der Waals surface area contributed by atoms with E-state index in [0.29, 0.717) is 13.0 Å². The summed E-state index contributed by atoms with van der Waals surface area (Å²) in [6.07, 6.45) is 1.72. The van der Waals surface area contributed by atoms with Crippen LogP contribution in [0.5, 0.6) is 0 Å². The Morgan fingerprint density at radius 1 is 1.13 bits per heavy atom. The van der Waals surface area contributed by atoms with Crippen LogP contribution in [0.15, 0.2) is 30.3 Å². The van der Waals surface area contributed by atoms with Gasteiger partial charge in [0.15, 0.2) is 0 Å². The monoisotopic (exact) mass is 321 g/mol. The molecule has 1 amide bonds. The first kappa shape index (κ1) is 19.0. The molecular weight excluding hydrogens is 294 g/mol. The van der Waals surface area contributed by atoms with Crippen molar-refractivity contribution in [3.8, 4) is 0 Å². The highest BCUT2D eigenvalue weighted by molar-refractivity contribution is 5.81. The molecule has 0 aromatic heterocycles. The number of nitrogens with one attached hydrogen (secondary N) is 1. The summed E-state index contributed by atoms with van der Waals surface area (Å²) >= 11 is 0. The number of carbonyl (C=O) groups is 2. The van der Waals surface area contributed by atoms with Crippen molar-refractivity contribution in [3.05, 3.63) is 35.9 Å². The standard InChI is InChI=1S/C18H27NO4/c1-4-5-11-16(17(20)22-12-14(2)3)19-18(21)23-13-15-9-7-6-8-10-15/h6-10,14,16H,4-5,11-13H2,1-3H3,(H,19,21). The van der Waals surface area contributed by atoms with E-state index < -0.39 is 18.1 Å². The van der Waals surface area contributed by atoms with Gasteiger partial charge in [0.25, 0.3) is 0 Å². The summed E-state index contributed by atoms with van der Waals surface area (Å²) in [6, 6.07) is 8.75. The third-order valence-electron chi connectivity index (χ3n) is 3.19. The molecule has 0 aliphatic heterocycles. The summed E-state index contributed by atoms with van der Waals surface area (Å²) in [5, 5.41) is 2.61. The van der Waals surface area contributed by atoms with Crippen LogP contribution in [0.1, 0.15) is 45.6 Å². The SMILES string of the molecule is CCCCC(NC(=O)OCc1ccccc1)C(=O)OCC(C)C. The van der Waals surface area contributed by atoms with E-state index in [1.54, 1.807) is 0 Å². The minimum Gasteiger partial charge on any atom is -0.464 e. The first-order chi connectivity index (χ1) is 11.0. The van der Waals surface area contributed by atoms with Crippen LogP contribution in [0.25, 0.3) is 0 Å². The molecule has 1 rings (SSSR count). The lowest BCUT2D eigenvalue weighted by Crippen LogP contribution is -2.42. The van der Waals surface area contributed by atoms with E-state index in [-0.39, 0.29) is 12.5 Å². The van der Waals surface area contributed by atoms with Crippen LogP contribution in [0.3, 0.4) is 0 Å².